The predicted molar refractivity (Wildman–Crippen MR) is 134 cm³/mol. The maximum Gasteiger partial charge on any atom is 0.170 e. The highest BCUT2D eigenvalue weighted by atomic mass is 16.3. The normalized spacial score (nSPS) is 15.9. The summed E-state index contributed by atoms with van der Waals surface area (Å²) in [6, 6.07) is 10.2. The second-order valence-electron chi connectivity index (χ2n) is 7.85. The van der Waals surface area contributed by atoms with E-state index >= 15 is 0 Å². The van der Waals surface area contributed by atoms with Crippen LogP contribution in [-0.4, -0.2) is 42.2 Å². The van der Waals surface area contributed by atoms with Gasteiger partial charge in [0, 0.05) is 24.8 Å². The lowest BCUT2D eigenvalue weighted by molar-refractivity contribution is -0.492. The smallest absolute Gasteiger partial charge is 0.170 e. The third-order valence-corrected chi connectivity index (χ3v) is 5.14. The average molecular weight is 417 g/mol. The van der Waals surface area contributed by atoms with Crippen LogP contribution in [0.4, 0.5) is 0 Å². The van der Waals surface area contributed by atoms with Crippen LogP contribution >= 0.6 is 0 Å². The number of hydrogen-bond donors (Lipinski definition) is 2. The van der Waals surface area contributed by atoms with E-state index in [0.717, 1.165) is 24.1 Å². The van der Waals surface area contributed by atoms with E-state index in [1.807, 2.05) is 30.4 Å². The Morgan fingerprint density at radius 2 is 1.81 bits per heavy atom. The Morgan fingerprint density at radius 1 is 1.10 bits per heavy atom. The molecule has 31 heavy (non-hydrogen) atoms. The molecule has 2 rings (SSSR count). The van der Waals surface area contributed by atoms with Gasteiger partial charge >= 0.3 is 0 Å². The molecule has 1 aromatic rings. The van der Waals surface area contributed by atoms with E-state index in [-0.39, 0.29) is 5.76 Å². The van der Waals surface area contributed by atoms with Gasteiger partial charge in [0.1, 0.15) is 25.2 Å². The van der Waals surface area contributed by atoms with Crippen LogP contribution in [0.1, 0.15) is 32.8 Å². The minimum atomic E-state index is 0.199. The van der Waals surface area contributed by atoms with Crippen molar-refractivity contribution in [2.45, 2.75) is 27.2 Å². The third kappa shape index (κ3) is 7.74. The lowest BCUT2D eigenvalue weighted by atomic mass is 9.96. The van der Waals surface area contributed by atoms with Crippen LogP contribution in [0.2, 0.25) is 0 Å². The quantitative estimate of drug-likeness (QED) is 0.238. The molecule has 0 fully saturated rings. The molecule has 1 aliphatic heterocycles. The van der Waals surface area contributed by atoms with Gasteiger partial charge in [-0.3, -0.25) is 0 Å². The SMILES string of the molecule is C=C(/N=C\C=C(/C)c1ccccc1)NCC1=C(/C(C)=C/C=C(/O)C(=C)C)C=[N+](C)CC1. The fourth-order valence-corrected chi connectivity index (χ4v) is 3.11. The molecule has 0 spiro atoms. The molecular weight excluding hydrogens is 382 g/mol. The molecule has 0 amide bonds. The van der Waals surface area contributed by atoms with E-state index in [4.69, 9.17) is 0 Å². The molecule has 0 unspecified atom stereocenters. The number of aliphatic hydroxyl groups excluding tert-OH is 1. The van der Waals surface area contributed by atoms with Crippen molar-refractivity contribution in [1.29, 1.82) is 0 Å². The molecular formula is C27H34N3O+. The third-order valence-electron chi connectivity index (χ3n) is 5.14. The summed E-state index contributed by atoms with van der Waals surface area (Å²) in [4.78, 5) is 4.42. The number of allylic oxidation sites excluding steroid dienone is 7. The Morgan fingerprint density at radius 3 is 2.48 bits per heavy atom. The summed E-state index contributed by atoms with van der Waals surface area (Å²) in [6.45, 7) is 15.3. The van der Waals surface area contributed by atoms with E-state index in [9.17, 15) is 5.11 Å². The molecule has 1 heterocycles. The monoisotopic (exact) mass is 416 g/mol. The maximum atomic E-state index is 9.90. The summed E-state index contributed by atoms with van der Waals surface area (Å²) < 4.78 is 2.18. The molecule has 4 heteroatoms. The van der Waals surface area contributed by atoms with E-state index in [2.05, 4.69) is 67.3 Å². The highest BCUT2D eigenvalue weighted by molar-refractivity contribution is 5.84. The largest absolute Gasteiger partial charge is 0.508 e. The topological polar surface area (TPSA) is 47.6 Å². The Labute approximate surface area is 186 Å². The molecule has 1 aliphatic rings. The lowest BCUT2D eigenvalue weighted by Gasteiger charge is -2.17. The summed E-state index contributed by atoms with van der Waals surface area (Å²) in [5, 5.41) is 13.2. The first-order chi connectivity index (χ1) is 14.8. The molecule has 1 aromatic carbocycles. The van der Waals surface area contributed by atoms with E-state index in [1.165, 1.54) is 16.7 Å². The minimum Gasteiger partial charge on any atom is -0.508 e. The molecule has 4 nitrogen and oxygen atoms in total. The van der Waals surface area contributed by atoms with Crippen molar-refractivity contribution in [3.05, 3.63) is 101 Å². The Bertz CT molecular complexity index is 1000. The molecule has 162 valence electrons. The van der Waals surface area contributed by atoms with Crippen LogP contribution in [0, 0.1) is 0 Å². The first-order valence-corrected chi connectivity index (χ1v) is 10.5. The summed E-state index contributed by atoms with van der Waals surface area (Å²) in [7, 11) is 2.07. The number of nitrogens with one attached hydrogen (secondary N) is 1. The molecule has 0 aromatic heterocycles. The van der Waals surface area contributed by atoms with Gasteiger partial charge in [0.2, 0.25) is 0 Å². The van der Waals surface area contributed by atoms with Crippen LogP contribution in [-0.2, 0) is 0 Å². The van der Waals surface area contributed by atoms with Crippen molar-refractivity contribution in [2.24, 2.45) is 4.99 Å². The van der Waals surface area contributed by atoms with Crippen molar-refractivity contribution in [3.8, 4) is 0 Å². The van der Waals surface area contributed by atoms with Crippen LogP contribution in [0.15, 0.2) is 101 Å². The van der Waals surface area contributed by atoms with Crippen molar-refractivity contribution < 1.29 is 9.68 Å². The maximum absolute atomic E-state index is 9.90. The van der Waals surface area contributed by atoms with Gasteiger partial charge in [-0.25, -0.2) is 9.57 Å². The molecule has 0 saturated carbocycles. The van der Waals surface area contributed by atoms with Gasteiger partial charge in [0.05, 0.1) is 0 Å². The van der Waals surface area contributed by atoms with Gasteiger partial charge in [-0.15, -0.1) is 0 Å². The van der Waals surface area contributed by atoms with Gasteiger partial charge in [-0.2, -0.15) is 0 Å². The zero-order valence-corrected chi connectivity index (χ0v) is 19.2. The lowest BCUT2D eigenvalue weighted by Crippen LogP contribution is -2.24. The second kappa shape index (κ2) is 11.7. The van der Waals surface area contributed by atoms with Crippen molar-refractivity contribution in [2.75, 3.05) is 20.1 Å². The predicted octanol–water partition coefficient (Wildman–Crippen LogP) is 5.60. The second-order valence-corrected chi connectivity index (χ2v) is 7.85. The summed E-state index contributed by atoms with van der Waals surface area (Å²) in [5.74, 6) is 0.828. The highest BCUT2D eigenvalue weighted by Crippen LogP contribution is 2.19. The fraction of sp³-hybridized carbons (Fsp3) is 0.259. The summed E-state index contributed by atoms with van der Waals surface area (Å²) in [6.07, 6.45) is 10.5. The zero-order chi connectivity index (χ0) is 22.8. The minimum absolute atomic E-state index is 0.199. The fourth-order valence-electron chi connectivity index (χ4n) is 3.11. The molecule has 0 bridgehead atoms. The van der Waals surface area contributed by atoms with Gasteiger partial charge in [0.25, 0.3) is 0 Å². The van der Waals surface area contributed by atoms with E-state index in [0.29, 0.717) is 17.9 Å². The standard InChI is InChI=1S/C27H33N3O/c1-20(2)27(31)13-12-22(4)26-19-30(6)17-15-25(26)18-29-23(5)28-16-14-21(3)24-10-8-7-9-11-24/h7-14,16,19,29H,1,5,15,17-18H2,2-4,6H3/p+1/b21-14+,22-12+,27-13+,28-16-. The zero-order valence-electron chi connectivity index (χ0n) is 19.2. The number of rotatable bonds is 9. The average Bonchev–Trinajstić information content (AvgIpc) is 2.76. The van der Waals surface area contributed by atoms with Crippen LogP contribution < -0.4 is 5.32 Å². The Balaban J connectivity index is 2.07. The number of aliphatic hydroxyl groups is 1. The first-order valence-electron chi connectivity index (χ1n) is 10.5. The first kappa shape index (κ1) is 23.9. The molecule has 0 radical (unpaired) electrons. The van der Waals surface area contributed by atoms with Crippen molar-refractivity contribution in [1.82, 2.24) is 5.32 Å². The number of nitrogens with zero attached hydrogens (tertiary/aromatic N) is 2. The van der Waals surface area contributed by atoms with Gasteiger partial charge in [-0.1, -0.05) is 49.6 Å². The van der Waals surface area contributed by atoms with Crippen LogP contribution in [0.5, 0.6) is 0 Å². The van der Waals surface area contributed by atoms with Crippen molar-refractivity contribution in [3.63, 3.8) is 0 Å². The van der Waals surface area contributed by atoms with Crippen molar-refractivity contribution >= 4 is 18.0 Å². The molecule has 0 saturated heterocycles. The van der Waals surface area contributed by atoms with Gasteiger partial charge in [0.15, 0.2) is 6.21 Å². The number of hydrogen-bond acceptors (Lipinski definition) is 3. The summed E-state index contributed by atoms with van der Waals surface area (Å²) in [5.41, 5.74) is 6.53. The highest BCUT2D eigenvalue weighted by Gasteiger charge is 2.17. The number of benzene rings is 1. The molecule has 0 atom stereocenters. The van der Waals surface area contributed by atoms with Crippen LogP contribution in [0.3, 0.4) is 0 Å². The Kier molecular flexibility index (Phi) is 9.01. The molecule has 2 N–H and O–H groups in total. The molecule has 0 aliphatic carbocycles. The van der Waals surface area contributed by atoms with E-state index < -0.39 is 0 Å². The van der Waals surface area contributed by atoms with E-state index in [1.54, 1.807) is 19.2 Å². The Hall–Kier alpha value is -3.40. The van der Waals surface area contributed by atoms with Gasteiger partial charge in [-0.05, 0) is 60.8 Å². The summed E-state index contributed by atoms with van der Waals surface area (Å²) >= 11 is 0. The van der Waals surface area contributed by atoms with Crippen LogP contribution in [0.25, 0.3) is 5.57 Å². The van der Waals surface area contributed by atoms with Gasteiger partial charge < -0.3 is 10.4 Å². The number of aliphatic imine (C=N–C) groups is 1.